The molecule has 7 aliphatic rings. The van der Waals surface area contributed by atoms with Crippen LogP contribution in [0.3, 0.4) is 0 Å². The van der Waals surface area contributed by atoms with Gasteiger partial charge in [-0.1, -0.05) is 61.3 Å². The van der Waals surface area contributed by atoms with Crippen LogP contribution >= 0.6 is 0 Å². The van der Waals surface area contributed by atoms with E-state index in [0.29, 0.717) is 5.41 Å². The summed E-state index contributed by atoms with van der Waals surface area (Å²) in [4.78, 5) is 6.90. The second kappa shape index (κ2) is 15.5. The maximum absolute atomic E-state index is 3.45. The minimum Gasteiger partial charge on any atom is -0.294 e. The summed E-state index contributed by atoms with van der Waals surface area (Å²) in [5.74, 6) is 8.49. The Labute approximate surface area is 300 Å². The fourth-order valence-electron chi connectivity index (χ4n) is 14.1. The van der Waals surface area contributed by atoms with Crippen LogP contribution < -0.4 is 0 Å². The maximum Gasteiger partial charge on any atom is 0.0164 e. The van der Waals surface area contributed by atoms with Gasteiger partial charge in [-0.05, 0) is 194 Å². The first-order valence-electron chi connectivity index (χ1n) is 22.6. The van der Waals surface area contributed by atoms with Crippen molar-refractivity contribution in [2.45, 2.75) is 232 Å². The summed E-state index contributed by atoms with van der Waals surface area (Å²) in [6.45, 7) is 18.1. The molecular weight excluding hydrogens is 581 g/mol. The van der Waals surface area contributed by atoms with Crippen molar-refractivity contribution < 1.29 is 0 Å². The molecule has 0 aromatic carbocycles. The average Bonchev–Trinajstić information content (AvgIpc) is 3.08. The number of hydrogen-bond acceptors (Lipinski definition) is 2. The molecule has 0 aromatic heterocycles. The van der Waals surface area contributed by atoms with Gasteiger partial charge in [-0.25, -0.2) is 0 Å². The minimum absolute atomic E-state index is 0.443. The van der Waals surface area contributed by atoms with Crippen LogP contribution in [0.2, 0.25) is 0 Å². The summed E-state index contributed by atoms with van der Waals surface area (Å²) in [5.41, 5.74) is 0.443. The van der Waals surface area contributed by atoms with E-state index in [1.54, 1.807) is 19.3 Å². The fourth-order valence-corrected chi connectivity index (χ4v) is 14.1. The Hall–Kier alpha value is -0.0800. The first-order valence-corrected chi connectivity index (χ1v) is 22.6. The van der Waals surface area contributed by atoms with Gasteiger partial charge in [-0.2, -0.15) is 0 Å². The third-order valence-corrected chi connectivity index (χ3v) is 17.1. The van der Waals surface area contributed by atoms with Crippen LogP contribution in [-0.4, -0.2) is 46.1 Å². The van der Waals surface area contributed by atoms with Crippen LogP contribution in [0.5, 0.6) is 0 Å². The van der Waals surface area contributed by atoms with E-state index in [2.05, 4.69) is 58.3 Å². The normalized spacial score (nSPS) is 47.8. The van der Waals surface area contributed by atoms with Crippen LogP contribution in [0.15, 0.2) is 0 Å². The number of hydrogen-bond donors (Lipinski definition) is 0. The largest absolute Gasteiger partial charge is 0.294 e. The summed E-state index contributed by atoms with van der Waals surface area (Å²) in [6, 6.07) is 5.25. The van der Waals surface area contributed by atoms with Gasteiger partial charge in [0.15, 0.2) is 0 Å². The van der Waals surface area contributed by atoms with Crippen molar-refractivity contribution >= 4 is 0 Å². The lowest BCUT2D eigenvalue weighted by Gasteiger charge is -2.65. The predicted octanol–water partition coefficient (Wildman–Crippen LogP) is 12.5. The molecule has 2 nitrogen and oxygen atoms in total. The smallest absolute Gasteiger partial charge is 0.0164 e. The van der Waals surface area contributed by atoms with Crippen LogP contribution in [0.1, 0.15) is 196 Å². The lowest BCUT2D eigenvalue weighted by atomic mass is 9.51. The molecule has 7 unspecified atom stereocenters. The van der Waals surface area contributed by atoms with Gasteiger partial charge < -0.3 is 0 Å². The molecule has 7 atom stereocenters. The predicted molar refractivity (Wildman–Crippen MR) is 206 cm³/mol. The minimum atomic E-state index is 0.443. The van der Waals surface area contributed by atoms with Crippen LogP contribution in [0.4, 0.5) is 0 Å². The Morgan fingerprint density at radius 2 is 0.667 bits per heavy atom. The molecule has 276 valence electrons. The van der Waals surface area contributed by atoms with Crippen molar-refractivity contribution in [2.75, 3.05) is 0 Å². The Balaban J connectivity index is 1.30. The summed E-state index contributed by atoms with van der Waals surface area (Å²) in [5, 5.41) is 0. The van der Waals surface area contributed by atoms with E-state index in [-0.39, 0.29) is 0 Å². The fraction of sp³-hybridized carbons (Fsp3) is 1.00. The molecule has 7 fully saturated rings. The topological polar surface area (TPSA) is 6.48 Å². The molecule has 0 aliphatic heterocycles. The van der Waals surface area contributed by atoms with Crippen molar-refractivity contribution in [3.05, 3.63) is 0 Å². The highest BCUT2D eigenvalue weighted by Gasteiger charge is 2.59. The van der Waals surface area contributed by atoms with E-state index in [9.17, 15) is 0 Å². The average molecular weight is 663 g/mol. The Morgan fingerprint density at radius 3 is 1.00 bits per heavy atom. The lowest BCUT2D eigenvalue weighted by molar-refractivity contribution is -0.158. The van der Waals surface area contributed by atoms with Crippen molar-refractivity contribution in [3.63, 3.8) is 0 Å². The third-order valence-electron chi connectivity index (χ3n) is 17.1. The van der Waals surface area contributed by atoms with Gasteiger partial charge in [0.05, 0.1) is 0 Å². The standard InChI is InChI=1S/C46H82N2/c1-31-12-21-36(22-13-31)47(37-23-14-32(2)15-24-37)44-40-10-8-9-11-41(40)45(43-30-35(46(5,6)7)20-29-42(43)44)48(38-25-16-33(3)17-26-38)39-27-18-34(4)19-28-39/h31-45H,8-30H2,1-7H3. The molecule has 0 amide bonds. The van der Waals surface area contributed by atoms with Crippen molar-refractivity contribution in [2.24, 2.45) is 58.7 Å². The molecule has 7 saturated carbocycles. The molecule has 0 radical (unpaired) electrons. The molecule has 0 heterocycles. The Kier molecular flexibility index (Phi) is 11.7. The van der Waals surface area contributed by atoms with E-state index in [4.69, 9.17) is 0 Å². The zero-order valence-electron chi connectivity index (χ0n) is 33.3. The van der Waals surface area contributed by atoms with Crippen LogP contribution in [-0.2, 0) is 0 Å². The van der Waals surface area contributed by atoms with Crippen molar-refractivity contribution in [1.29, 1.82) is 0 Å². The molecule has 48 heavy (non-hydrogen) atoms. The molecular formula is C46H82N2. The Morgan fingerprint density at radius 1 is 0.354 bits per heavy atom. The number of nitrogens with zero attached hydrogens (tertiary/aromatic N) is 2. The van der Waals surface area contributed by atoms with Gasteiger partial charge in [0, 0.05) is 36.3 Å². The van der Waals surface area contributed by atoms with Crippen LogP contribution in [0.25, 0.3) is 0 Å². The molecule has 7 aliphatic carbocycles. The quantitative estimate of drug-likeness (QED) is 0.279. The van der Waals surface area contributed by atoms with Gasteiger partial charge in [-0.3, -0.25) is 9.80 Å². The SMILES string of the molecule is CC1CCC(N(C2CCC(C)CC2)C2C3CCCCC3C(N(C3CCC(C)CC3)C3CCC(C)CC3)C3CC(C(C)(C)C)CCC32)CC1. The van der Waals surface area contributed by atoms with Gasteiger partial charge in [0.1, 0.15) is 0 Å². The zero-order chi connectivity index (χ0) is 33.6. The highest BCUT2D eigenvalue weighted by atomic mass is 15.3. The second-order valence-electron chi connectivity index (χ2n) is 21.3. The van der Waals surface area contributed by atoms with Gasteiger partial charge >= 0.3 is 0 Å². The first kappa shape index (κ1) is 36.3. The lowest BCUT2D eigenvalue weighted by Crippen LogP contribution is -2.69. The molecule has 7 rings (SSSR count). The maximum atomic E-state index is 3.45. The second-order valence-corrected chi connectivity index (χ2v) is 21.3. The van der Waals surface area contributed by atoms with Crippen molar-refractivity contribution in [1.82, 2.24) is 9.80 Å². The molecule has 0 N–H and O–H groups in total. The molecule has 2 heteroatoms. The van der Waals surface area contributed by atoms with Gasteiger partial charge in [0.25, 0.3) is 0 Å². The molecule has 0 saturated heterocycles. The van der Waals surface area contributed by atoms with E-state index < -0.39 is 0 Å². The zero-order valence-corrected chi connectivity index (χ0v) is 33.3. The number of rotatable bonds is 6. The molecule has 0 spiro atoms. The van der Waals surface area contributed by atoms with E-state index in [1.165, 1.54) is 128 Å². The highest BCUT2D eigenvalue weighted by Crippen LogP contribution is 2.59. The van der Waals surface area contributed by atoms with E-state index in [1.807, 2.05) is 0 Å². The van der Waals surface area contributed by atoms with E-state index >= 15 is 0 Å². The monoisotopic (exact) mass is 663 g/mol. The van der Waals surface area contributed by atoms with Gasteiger partial charge in [0.2, 0.25) is 0 Å². The van der Waals surface area contributed by atoms with E-state index in [0.717, 1.165) is 89.5 Å². The third kappa shape index (κ3) is 7.67. The van der Waals surface area contributed by atoms with Crippen LogP contribution in [0, 0.1) is 58.7 Å². The molecule has 0 bridgehead atoms. The number of fused-ring (bicyclic) bond motifs is 2. The summed E-state index contributed by atoms with van der Waals surface area (Å²) < 4.78 is 0. The molecule has 0 aromatic rings. The highest BCUT2D eigenvalue weighted by molar-refractivity contribution is 5.11. The van der Waals surface area contributed by atoms with Gasteiger partial charge in [-0.15, -0.1) is 0 Å². The van der Waals surface area contributed by atoms with Crippen molar-refractivity contribution in [3.8, 4) is 0 Å². The summed E-state index contributed by atoms with van der Waals surface area (Å²) in [7, 11) is 0. The first-order chi connectivity index (χ1) is 23.1. The summed E-state index contributed by atoms with van der Waals surface area (Å²) >= 11 is 0. The summed E-state index contributed by atoms with van der Waals surface area (Å²) in [6.07, 6.45) is 34.6. The Bertz CT molecular complexity index is 938.